The molecule has 1 aromatic carbocycles. The van der Waals surface area contributed by atoms with Crippen LogP contribution in [0.25, 0.3) is 0 Å². The van der Waals surface area contributed by atoms with Crippen molar-refractivity contribution in [2.45, 2.75) is 44.0 Å². The van der Waals surface area contributed by atoms with Gasteiger partial charge in [-0.3, -0.25) is 0 Å². The van der Waals surface area contributed by atoms with E-state index in [4.69, 9.17) is 0 Å². The van der Waals surface area contributed by atoms with Gasteiger partial charge in [0.25, 0.3) is 0 Å². The smallest absolute Gasteiger partial charge is 0.156 e. The molecular formula is C14H20O3S. The number of aliphatic hydroxyl groups is 1. The van der Waals surface area contributed by atoms with Crippen LogP contribution in [0.3, 0.4) is 0 Å². The maximum absolute atomic E-state index is 12.0. The fourth-order valence-corrected chi connectivity index (χ4v) is 4.48. The van der Waals surface area contributed by atoms with E-state index in [1.54, 1.807) is 0 Å². The highest BCUT2D eigenvalue weighted by atomic mass is 32.2. The quantitative estimate of drug-likeness (QED) is 0.914. The summed E-state index contributed by atoms with van der Waals surface area (Å²) in [5.74, 6) is 0.210. The van der Waals surface area contributed by atoms with Crippen molar-refractivity contribution in [2.24, 2.45) is 0 Å². The number of aliphatic hydroxyl groups excluding tert-OH is 1. The molecule has 0 spiro atoms. The predicted octanol–water partition coefficient (Wildman–Crippen LogP) is 2.25. The van der Waals surface area contributed by atoms with Crippen molar-refractivity contribution in [3.8, 4) is 0 Å². The SMILES string of the molecule is CCc1ccc(C(O)C2CCCCS2(=O)=O)cc1. The molecule has 0 bridgehead atoms. The van der Waals surface area contributed by atoms with E-state index in [-0.39, 0.29) is 5.75 Å². The summed E-state index contributed by atoms with van der Waals surface area (Å²) in [5.41, 5.74) is 1.90. The van der Waals surface area contributed by atoms with Crippen LogP contribution < -0.4 is 0 Å². The van der Waals surface area contributed by atoms with Gasteiger partial charge in [-0.1, -0.05) is 37.6 Å². The highest BCUT2D eigenvalue weighted by Crippen LogP contribution is 2.30. The summed E-state index contributed by atoms with van der Waals surface area (Å²) < 4.78 is 23.9. The van der Waals surface area contributed by atoms with E-state index >= 15 is 0 Å². The lowest BCUT2D eigenvalue weighted by Gasteiger charge is -2.27. The number of rotatable bonds is 3. The van der Waals surface area contributed by atoms with Crippen molar-refractivity contribution in [1.29, 1.82) is 0 Å². The zero-order valence-corrected chi connectivity index (χ0v) is 11.5. The predicted molar refractivity (Wildman–Crippen MR) is 72.2 cm³/mol. The Bertz CT molecular complexity index is 490. The fourth-order valence-electron chi connectivity index (χ4n) is 2.50. The maximum Gasteiger partial charge on any atom is 0.156 e. The van der Waals surface area contributed by atoms with E-state index in [2.05, 4.69) is 6.92 Å². The Morgan fingerprint density at radius 2 is 1.94 bits per heavy atom. The third-order valence-corrected chi connectivity index (χ3v) is 5.98. The molecule has 1 aromatic rings. The van der Waals surface area contributed by atoms with Crippen molar-refractivity contribution < 1.29 is 13.5 Å². The molecule has 0 radical (unpaired) electrons. The molecule has 3 nitrogen and oxygen atoms in total. The Hall–Kier alpha value is -0.870. The van der Waals surface area contributed by atoms with E-state index in [0.717, 1.165) is 19.3 Å². The molecule has 1 heterocycles. The van der Waals surface area contributed by atoms with E-state index in [0.29, 0.717) is 12.0 Å². The summed E-state index contributed by atoms with van der Waals surface area (Å²) in [6.07, 6.45) is 2.23. The molecule has 2 unspecified atom stereocenters. The van der Waals surface area contributed by atoms with Gasteiger partial charge in [-0.2, -0.15) is 0 Å². The Kier molecular flexibility index (Phi) is 4.07. The number of hydrogen-bond donors (Lipinski definition) is 1. The van der Waals surface area contributed by atoms with Gasteiger partial charge in [-0.05, 0) is 30.4 Å². The van der Waals surface area contributed by atoms with Crippen LogP contribution in [-0.4, -0.2) is 24.5 Å². The molecule has 2 atom stereocenters. The lowest BCUT2D eigenvalue weighted by atomic mass is 10.0. The van der Waals surface area contributed by atoms with Gasteiger partial charge >= 0.3 is 0 Å². The molecule has 0 saturated carbocycles. The van der Waals surface area contributed by atoms with Crippen molar-refractivity contribution in [3.05, 3.63) is 35.4 Å². The van der Waals surface area contributed by atoms with Crippen molar-refractivity contribution in [3.63, 3.8) is 0 Å². The molecule has 100 valence electrons. The van der Waals surface area contributed by atoms with Gasteiger partial charge in [0.05, 0.1) is 17.1 Å². The summed E-state index contributed by atoms with van der Waals surface area (Å²) >= 11 is 0. The monoisotopic (exact) mass is 268 g/mol. The highest BCUT2D eigenvalue weighted by molar-refractivity contribution is 7.92. The zero-order chi connectivity index (χ0) is 13.2. The number of benzene rings is 1. The molecule has 1 fully saturated rings. The molecule has 1 aliphatic rings. The highest BCUT2D eigenvalue weighted by Gasteiger charge is 2.35. The summed E-state index contributed by atoms with van der Waals surface area (Å²) in [6.45, 7) is 2.07. The van der Waals surface area contributed by atoms with Crippen LogP contribution in [0.2, 0.25) is 0 Å². The summed E-state index contributed by atoms with van der Waals surface area (Å²) in [6, 6.07) is 7.59. The normalized spacial score (nSPS) is 24.7. The molecule has 0 aliphatic carbocycles. The summed E-state index contributed by atoms with van der Waals surface area (Å²) in [4.78, 5) is 0. The van der Waals surface area contributed by atoms with Gasteiger partial charge in [0.1, 0.15) is 0 Å². The van der Waals surface area contributed by atoms with Gasteiger partial charge in [-0.15, -0.1) is 0 Å². The van der Waals surface area contributed by atoms with Crippen LogP contribution in [0.5, 0.6) is 0 Å². The Morgan fingerprint density at radius 1 is 1.28 bits per heavy atom. The molecule has 1 aliphatic heterocycles. The van der Waals surface area contributed by atoms with E-state index < -0.39 is 21.2 Å². The van der Waals surface area contributed by atoms with Gasteiger partial charge in [-0.25, -0.2) is 8.42 Å². The van der Waals surface area contributed by atoms with Gasteiger partial charge in [0.2, 0.25) is 0 Å². The lowest BCUT2D eigenvalue weighted by molar-refractivity contribution is 0.164. The molecule has 1 saturated heterocycles. The maximum atomic E-state index is 12.0. The first kappa shape index (κ1) is 13.6. The fraction of sp³-hybridized carbons (Fsp3) is 0.571. The van der Waals surface area contributed by atoms with Crippen LogP contribution in [0.15, 0.2) is 24.3 Å². The average Bonchev–Trinajstić information content (AvgIpc) is 2.37. The third kappa shape index (κ3) is 2.75. The van der Waals surface area contributed by atoms with Crippen LogP contribution >= 0.6 is 0 Å². The van der Waals surface area contributed by atoms with Crippen LogP contribution in [0.4, 0.5) is 0 Å². The first-order valence-electron chi connectivity index (χ1n) is 6.53. The first-order valence-corrected chi connectivity index (χ1v) is 8.24. The summed E-state index contributed by atoms with van der Waals surface area (Å²) in [5, 5.41) is 9.64. The minimum atomic E-state index is -3.14. The molecule has 0 amide bonds. The van der Waals surface area contributed by atoms with Gasteiger partial charge in [0, 0.05) is 0 Å². The molecule has 1 N–H and O–H groups in total. The Labute approximate surface area is 109 Å². The molecule has 2 rings (SSSR count). The molecule has 0 aromatic heterocycles. The largest absolute Gasteiger partial charge is 0.387 e. The van der Waals surface area contributed by atoms with Gasteiger partial charge in [0.15, 0.2) is 9.84 Å². The van der Waals surface area contributed by atoms with E-state index in [1.807, 2.05) is 24.3 Å². The van der Waals surface area contributed by atoms with E-state index in [1.165, 1.54) is 5.56 Å². The second-order valence-corrected chi connectivity index (χ2v) is 7.28. The van der Waals surface area contributed by atoms with Crippen LogP contribution in [0, 0.1) is 0 Å². The summed E-state index contributed by atoms with van der Waals surface area (Å²) in [7, 11) is -3.14. The lowest BCUT2D eigenvalue weighted by Crippen LogP contribution is -2.33. The first-order chi connectivity index (χ1) is 8.54. The van der Waals surface area contributed by atoms with Crippen molar-refractivity contribution in [2.75, 3.05) is 5.75 Å². The molecular weight excluding hydrogens is 248 g/mol. The number of hydrogen-bond acceptors (Lipinski definition) is 3. The molecule has 4 heteroatoms. The topological polar surface area (TPSA) is 54.4 Å². The molecule has 18 heavy (non-hydrogen) atoms. The van der Waals surface area contributed by atoms with Crippen LogP contribution in [-0.2, 0) is 16.3 Å². The Morgan fingerprint density at radius 3 is 2.50 bits per heavy atom. The zero-order valence-electron chi connectivity index (χ0n) is 10.7. The van der Waals surface area contributed by atoms with Crippen molar-refractivity contribution >= 4 is 9.84 Å². The standard InChI is InChI=1S/C14H20O3S/c1-2-11-6-8-12(9-7-11)14(15)13-5-3-4-10-18(13,16)17/h6-9,13-15H,2-5,10H2,1H3. The average molecular weight is 268 g/mol. The number of aryl methyl sites for hydroxylation is 1. The minimum absolute atomic E-state index is 0.210. The van der Waals surface area contributed by atoms with Gasteiger partial charge < -0.3 is 5.11 Å². The van der Waals surface area contributed by atoms with Crippen molar-refractivity contribution in [1.82, 2.24) is 0 Å². The van der Waals surface area contributed by atoms with E-state index in [9.17, 15) is 13.5 Å². The minimum Gasteiger partial charge on any atom is -0.387 e. The third-order valence-electron chi connectivity index (χ3n) is 3.71. The van der Waals surface area contributed by atoms with Crippen LogP contribution in [0.1, 0.15) is 43.4 Å². The second kappa shape index (κ2) is 5.41. The Balaban J connectivity index is 2.21. The second-order valence-electron chi connectivity index (χ2n) is 4.94. The number of sulfone groups is 1.